The van der Waals surface area contributed by atoms with Gasteiger partial charge < -0.3 is 39.4 Å². The van der Waals surface area contributed by atoms with E-state index in [0.717, 1.165) is 64.9 Å². The van der Waals surface area contributed by atoms with E-state index in [9.17, 15) is 0 Å². The number of fused-ring (bicyclic) bond motifs is 2. The highest BCUT2D eigenvalue weighted by molar-refractivity contribution is 7.98. The van der Waals surface area contributed by atoms with Crippen molar-refractivity contribution in [2.24, 2.45) is 20.5 Å². The van der Waals surface area contributed by atoms with Gasteiger partial charge in [-0.25, -0.2) is 0 Å². The molecule has 0 bridgehead atoms. The smallest absolute Gasteiger partial charge is 0.233 e. The van der Waals surface area contributed by atoms with Gasteiger partial charge in [0.2, 0.25) is 11.9 Å². The van der Waals surface area contributed by atoms with Crippen molar-refractivity contribution in [2.45, 2.75) is 38.6 Å². The zero-order chi connectivity index (χ0) is 47.6. The Hall–Kier alpha value is -7.16. The Balaban J connectivity index is 1.24. The van der Waals surface area contributed by atoms with Gasteiger partial charge in [0.15, 0.2) is 15.2 Å². The summed E-state index contributed by atoms with van der Waals surface area (Å²) in [5.41, 5.74) is 6.61. The summed E-state index contributed by atoms with van der Waals surface area (Å²) in [5, 5.41) is 29.4. The third-order valence-electron chi connectivity index (χ3n) is 10.9. The fraction of sp³-hybridized carbons (Fsp3) is 0.271. The first-order valence-corrected chi connectivity index (χ1v) is 24.4. The third kappa shape index (κ3) is 10.7. The quantitative estimate of drug-likeness (QED) is 0.0512. The van der Waals surface area contributed by atoms with Crippen molar-refractivity contribution in [2.75, 3.05) is 75.1 Å². The molecular formula is C48H51N13O4S3. The summed E-state index contributed by atoms with van der Waals surface area (Å²) in [5.74, 6) is 3.82. The lowest BCUT2D eigenvalue weighted by molar-refractivity contribution is 0.414. The molecule has 68 heavy (non-hydrogen) atoms. The molecule has 5 aromatic carbocycles. The molecule has 0 saturated carbocycles. The van der Waals surface area contributed by atoms with E-state index in [1.165, 1.54) is 34.8 Å². The van der Waals surface area contributed by atoms with Crippen LogP contribution in [0.1, 0.15) is 33.3 Å². The number of ether oxygens (including phenoxy) is 4. The number of anilines is 6. The SMILES string of the molecule is CCN(CC)c1cc(Nc2nc(Nc3cc(N(CC)CC)c(OC)cc3/N=N/c3snc4ccc(OC)cc34)nc(SCc3ccccc3)n2)c(/N=N/c2snc3ccc(OC)cc23)cc1OC. The van der Waals surface area contributed by atoms with Crippen LogP contribution in [0.2, 0.25) is 0 Å². The van der Waals surface area contributed by atoms with Gasteiger partial charge in [0.1, 0.15) is 34.4 Å². The number of nitrogens with zero attached hydrogens (tertiary/aromatic N) is 11. The van der Waals surface area contributed by atoms with Crippen molar-refractivity contribution in [3.05, 3.63) is 96.6 Å². The van der Waals surface area contributed by atoms with Crippen molar-refractivity contribution >= 4 is 113 Å². The fourth-order valence-corrected chi connectivity index (χ4v) is 9.50. The van der Waals surface area contributed by atoms with Gasteiger partial charge in [-0.15, -0.1) is 20.5 Å². The maximum atomic E-state index is 5.95. The number of hydrogen-bond donors (Lipinski definition) is 2. The van der Waals surface area contributed by atoms with Crippen molar-refractivity contribution < 1.29 is 18.9 Å². The van der Waals surface area contributed by atoms with E-state index in [-0.39, 0.29) is 11.9 Å². The van der Waals surface area contributed by atoms with Crippen LogP contribution in [0.15, 0.2) is 117 Å². The number of methoxy groups -OCH3 is 4. The van der Waals surface area contributed by atoms with Crippen molar-refractivity contribution in [1.29, 1.82) is 0 Å². The Bertz CT molecular complexity index is 2890. The van der Waals surface area contributed by atoms with Gasteiger partial charge in [0, 0.05) is 54.8 Å². The van der Waals surface area contributed by atoms with E-state index in [2.05, 4.69) is 69.0 Å². The molecule has 2 N–H and O–H groups in total. The van der Waals surface area contributed by atoms with Crippen LogP contribution < -0.4 is 39.4 Å². The summed E-state index contributed by atoms with van der Waals surface area (Å²) >= 11 is 4.00. The molecule has 17 nitrogen and oxygen atoms in total. The molecule has 0 unspecified atom stereocenters. The van der Waals surface area contributed by atoms with Gasteiger partial charge >= 0.3 is 0 Å². The molecule has 0 aliphatic rings. The average Bonchev–Trinajstić information content (AvgIpc) is 3.98. The second-order valence-electron chi connectivity index (χ2n) is 14.9. The zero-order valence-electron chi connectivity index (χ0n) is 39.0. The molecule has 0 radical (unpaired) electrons. The summed E-state index contributed by atoms with van der Waals surface area (Å²) < 4.78 is 32.1. The molecule has 20 heteroatoms. The van der Waals surface area contributed by atoms with Crippen molar-refractivity contribution in [3.63, 3.8) is 0 Å². The van der Waals surface area contributed by atoms with E-state index in [0.29, 0.717) is 66.7 Å². The van der Waals surface area contributed by atoms with E-state index < -0.39 is 0 Å². The monoisotopic (exact) mass is 969 g/mol. The van der Waals surface area contributed by atoms with Crippen LogP contribution in [0.25, 0.3) is 21.8 Å². The van der Waals surface area contributed by atoms with E-state index >= 15 is 0 Å². The highest BCUT2D eigenvalue weighted by Crippen LogP contribution is 2.44. The Morgan fingerprint density at radius 2 is 1.01 bits per heavy atom. The van der Waals surface area contributed by atoms with Gasteiger partial charge in [-0.05, 0) is 105 Å². The zero-order valence-corrected chi connectivity index (χ0v) is 41.4. The summed E-state index contributed by atoms with van der Waals surface area (Å²) in [6, 6.07) is 29.2. The Morgan fingerprint density at radius 3 is 1.44 bits per heavy atom. The van der Waals surface area contributed by atoms with Gasteiger partial charge in [0.25, 0.3) is 0 Å². The van der Waals surface area contributed by atoms with Crippen LogP contribution in [-0.2, 0) is 5.75 Å². The molecule has 0 spiro atoms. The number of azo groups is 2. The third-order valence-corrected chi connectivity index (χ3v) is 13.4. The molecule has 0 aliphatic carbocycles. The molecule has 0 atom stereocenters. The van der Waals surface area contributed by atoms with Crippen LogP contribution in [0.4, 0.5) is 56.0 Å². The number of benzene rings is 5. The van der Waals surface area contributed by atoms with Crippen LogP contribution in [0.5, 0.6) is 23.0 Å². The normalized spacial score (nSPS) is 11.5. The summed E-state index contributed by atoms with van der Waals surface area (Å²) in [6.45, 7) is 11.4. The highest BCUT2D eigenvalue weighted by Gasteiger charge is 2.20. The molecule has 3 heterocycles. The van der Waals surface area contributed by atoms with Crippen LogP contribution in [0.3, 0.4) is 0 Å². The fourth-order valence-electron chi connectivity index (χ4n) is 7.34. The average molecular weight is 970 g/mol. The Kier molecular flexibility index (Phi) is 15.4. The Morgan fingerprint density at radius 1 is 0.544 bits per heavy atom. The molecule has 8 rings (SSSR count). The molecular weight excluding hydrogens is 919 g/mol. The van der Waals surface area contributed by atoms with Gasteiger partial charge in [0.05, 0.1) is 62.2 Å². The largest absolute Gasteiger partial charge is 0.497 e. The number of nitrogens with one attached hydrogen (secondary N) is 2. The molecule has 0 fully saturated rings. The first-order chi connectivity index (χ1) is 33.3. The molecule has 8 aromatic rings. The maximum Gasteiger partial charge on any atom is 0.233 e. The lowest BCUT2D eigenvalue weighted by atomic mass is 10.2. The van der Waals surface area contributed by atoms with E-state index in [4.69, 9.17) is 54.4 Å². The molecule has 0 saturated heterocycles. The van der Waals surface area contributed by atoms with Crippen LogP contribution in [0, 0.1) is 0 Å². The van der Waals surface area contributed by atoms with Gasteiger partial charge in [-0.2, -0.15) is 23.7 Å². The van der Waals surface area contributed by atoms with Crippen molar-refractivity contribution in [3.8, 4) is 23.0 Å². The lowest BCUT2D eigenvalue weighted by Gasteiger charge is -2.25. The predicted octanol–water partition coefficient (Wildman–Crippen LogP) is 13.4. The molecule has 0 aliphatic heterocycles. The van der Waals surface area contributed by atoms with Crippen LogP contribution >= 0.6 is 34.8 Å². The minimum absolute atomic E-state index is 0.267. The summed E-state index contributed by atoms with van der Waals surface area (Å²) in [4.78, 5) is 19.3. The molecule has 0 amide bonds. The second-order valence-corrected chi connectivity index (χ2v) is 17.3. The molecule has 350 valence electrons. The van der Waals surface area contributed by atoms with Crippen LogP contribution in [-0.4, -0.2) is 78.3 Å². The number of aromatic nitrogens is 5. The molecule has 3 aromatic heterocycles. The first-order valence-electron chi connectivity index (χ1n) is 21.9. The van der Waals surface area contributed by atoms with Gasteiger partial charge in [-0.1, -0.05) is 42.1 Å². The first kappa shape index (κ1) is 47.3. The Labute approximate surface area is 407 Å². The minimum atomic E-state index is 0.267. The summed E-state index contributed by atoms with van der Waals surface area (Å²) in [7, 11) is 6.56. The topological polar surface area (TPSA) is 181 Å². The van der Waals surface area contributed by atoms with E-state index in [1.54, 1.807) is 28.4 Å². The number of thioether (sulfide) groups is 1. The van der Waals surface area contributed by atoms with Gasteiger partial charge in [-0.3, -0.25) is 0 Å². The predicted molar refractivity (Wildman–Crippen MR) is 276 cm³/mol. The number of rotatable bonds is 21. The standard InChI is InChI=1S/C48H51N13O4S3/c1-9-60(10-2)40-24-36(38(26-42(40)64-7)54-56-44-32-22-30(62-5)18-20-34(32)58-67-44)49-46-51-47(53-48(52-46)66-28-29-16-14-13-15-17-29)50-37-25-41(61(11-3)12-4)43(65-8)27-39(37)55-57-45-33-23-31(63-6)19-21-35(33)59-68-45/h13-27H,9-12,28H2,1-8H3,(H2,49,50,51,52,53)/b56-54+,57-55+. The minimum Gasteiger partial charge on any atom is -0.497 e. The number of hydrogen-bond acceptors (Lipinski definition) is 20. The lowest BCUT2D eigenvalue weighted by Crippen LogP contribution is -2.22. The van der Waals surface area contributed by atoms with E-state index in [1.807, 2.05) is 78.9 Å². The second kappa shape index (κ2) is 22.1. The highest BCUT2D eigenvalue weighted by atomic mass is 32.2. The maximum absolute atomic E-state index is 5.95. The van der Waals surface area contributed by atoms with Crippen molar-refractivity contribution in [1.82, 2.24) is 23.7 Å². The summed E-state index contributed by atoms with van der Waals surface area (Å²) in [6.07, 6.45) is 0.